The lowest BCUT2D eigenvalue weighted by Gasteiger charge is -2.10. The average Bonchev–Trinajstić information content (AvgIpc) is 2.59. The van der Waals surface area contributed by atoms with Crippen molar-refractivity contribution in [2.45, 2.75) is 6.92 Å². The fourth-order valence-electron chi connectivity index (χ4n) is 1.96. The molecule has 3 N–H and O–H groups in total. The number of nitrogens with one attached hydrogen (secondary N) is 1. The third kappa shape index (κ3) is 4.05. The van der Waals surface area contributed by atoms with Gasteiger partial charge in [0.1, 0.15) is 5.75 Å². The molecule has 22 heavy (non-hydrogen) atoms. The molecule has 0 fully saturated rings. The molecule has 1 heterocycles. The highest BCUT2D eigenvalue weighted by Gasteiger charge is 2.09. The van der Waals surface area contributed by atoms with Crippen molar-refractivity contribution in [3.8, 4) is 16.9 Å². The summed E-state index contributed by atoms with van der Waals surface area (Å²) in [4.78, 5) is 16.3. The maximum Gasteiger partial charge on any atom is 0.252 e. The topological polar surface area (TPSA) is 77.2 Å². The zero-order valence-corrected chi connectivity index (χ0v) is 12.9. The molecule has 1 unspecified atom stereocenters. The molecular formula is C17H21N3O2. The van der Waals surface area contributed by atoms with E-state index >= 15 is 0 Å². The second kappa shape index (κ2) is 7.56. The molecule has 0 radical (unpaired) electrons. The van der Waals surface area contributed by atoms with Crippen molar-refractivity contribution in [3.63, 3.8) is 0 Å². The largest absolute Gasteiger partial charge is 0.497 e. The number of methoxy groups -OCH3 is 1. The number of ether oxygens (including phenoxy) is 1. The van der Waals surface area contributed by atoms with Gasteiger partial charge in [0.15, 0.2) is 0 Å². The Hall–Kier alpha value is -2.40. The van der Waals surface area contributed by atoms with Gasteiger partial charge in [-0.3, -0.25) is 9.78 Å². The zero-order chi connectivity index (χ0) is 15.9. The minimum absolute atomic E-state index is 0.136. The Bertz CT molecular complexity index is 626. The summed E-state index contributed by atoms with van der Waals surface area (Å²) in [7, 11) is 1.63. The van der Waals surface area contributed by atoms with Gasteiger partial charge in [-0.1, -0.05) is 19.1 Å². The SMILES string of the molecule is COc1ccc(-c2cncc(C(=O)NCC(C)CN)c2)cc1. The van der Waals surface area contributed by atoms with Gasteiger partial charge in [-0.05, 0) is 36.2 Å². The Morgan fingerprint density at radius 3 is 2.64 bits per heavy atom. The third-order valence-electron chi connectivity index (χ3n) is 3.44. The first-order valence-corrected chi connectivity index (χ1v) is 7.21. The zero-order valence-electron chi connectivity index (χ0n) is 12.9. The van der Waals surface area contributed by atoms with E-state index in [0.29, 0.717) is 18.7 Å². The Morgan fingerprint density at radius 1 is 1.27 bits per heavy atom. The molecule has 0 bridgehead atoms. The minimum atomic E-state index is -0.136. The highest BCUT2D eigenvalue weighted by atomic mass is 16.5. The first-order chi connectivity index (χ1) is 10.6. The number of nitrogens with zero attached hydrogens (tertiary/aromatic N) is 1. The standard InChI is InChI=1S/C17H21N3O2/c1-12(8-18)9-20-17(21)15-7-14(10-19-11-15)13-3-5-16(22-2)6-4-13/h3-7,10-12H,8-9,18H2,1-2H3,(H,20,21). The number of carbonyl (C=O) groups is 1. The van der Waals surface area contributed by atoms with Gasteiger partial charge in [-0.15, -0.1) is 0 Å². The summed E-state index contributed by atoms with van der Waals surface area (Å²) in [5.41, 5.74) is 7.96. The molecule has 5 heteroatoms. The molecule has 0 saturated heterocycles. The average molecular weight is 299 g/mol. The first kappa shape index (κ1) is 16.0. The van der Waals surface area contributed by atoms with Crippen LogP contribution in [0.2, 0.25) is 0 Å². The Labute approximate surface area is 130 Å². The van der Waals surface area contributed by atoms with E-state index < -0.39 is 0 Å². The van der Waals surface area contributed by atoms with Gasteiger partial charge in [0.05, 0.1) is 12.7 Å². The first-order valence-electron chi connectivity index (χ1n) is 7.21. The second-order valence-electron chi connectivity index (χ2n) is 5.24. The van der Waals surface area contributed by atoms with Crippen molar-refractivity contribution in [2.75, 3.05) is 20.2 Å². The third-order valence-corrected chi connectivity index (χ3v) is 3.44. The lowest BCUT2D eigenvalue weighted by Crippen LogP contribution is -2.31. The summed E-state index contributed by atoms with van der Waals surface area (Å²) < 4.78 is 5.14. The molecule has 0 aliphatic rings. The predicted octanol–water partition coefficient (Wildman–Crippen LogP) is 2.08. The van der Waals surface area contributed by atoms with E-state index in [9.17, 15) is 4.79 Å². The number of amides is 1. The molecule has 0 saturated carbocycles. The summed E-state index contributed by atoms with van der Waals surface area (Å²) >= 11 is 0. The van der Waals surface area contributed by atoms with Gasteiger partial charge in [0.2, 0.25) is 0 Å². The fraction of sp³-hybridized carbons (Fsp3) is 0.294. The molecular weight excluding hydrogens is 278 g/mol. The summed E-state index contributed by atoms with van der Waals surface area (Å²) in [5.74, 6) is 0.909. The van der Waals surface area contributed by atoms with Crippen molar-refractivity contribution in [3.05, 3.63) is 48.3 Å². The van der Waals surface area contributed by atoms with Crippen LogP contribution in [-0.2, 0) is 0 Å². The molecule has 0 spiro atoms. The molecule has 1 amide bonds. The Kier molecular flexibility index (Phi) is 5.49. The maximum atomic E-state index is 12.1. The van der Waals surface area contributed by atoms with E-state index in [1.165, 1.54) is 0 Å². The van der Waals surface area contributed by atoms with Gasteiger partial charge in [-0.25, -0.2) is 0 Å². The molecule has 1 aromatic carbocycles. The summed E-state index contributed by atoms with van der Waals surface area (Å²) in [5, 5.41) is 2.87. The van der Waals surface area contributed by atoms with Crippen LogP contribution in [-0.4, -0.2) is 31.1 Å². The van der Waals surface area contributed by atoms with E-state index in [4.69, 9.17) is 10.5 Å². The Morgan fingerprint density at radius 2 is 2.00 bits per heavy atom. The number of hydrogen-bond acceptors (Lipinski definition) is 4. The lowest BCUT2D eigenvalue weighted by molar-refractivity contribution is 0.0948. The van der Waals surface area contributed by atoms with Crippen LogP contribution in [0.25, 0.3) is 11.1 Å². The van der Waals surface area contributed by atoms with Gasteiger partial charge in [-0.2, -0.15) is 0 Å². The second-order valence-corrected chi connectivity index (χ2v) is 5.24. The normalized spacial score (nSPS) is 11.8. The summed E-state index contributed by atoms with van der Waals surface area (Å²) in [6.07, 6.45) is 3.30. The van der Waals surface area contributed by atoms with Crippen LogP contribution < -0.4 is 15.8 Å². The van der Waals surface area contributed by atoms with Crippen LogP contribution in [0.3, 0.4) is 0 Å². The monoisotopic (exact) mass is 299 g/mol. The van der Waals surface area contributed by atoms with Crippen LogP contribution >= 0.6 is 0 Å². The number of benzene rings is 1. The number of rotatable bonds is 6. The molecule has 1 aromatic heterocycles. The molecule has 5 nitrogen and oxygen atoms in total. The van der Waals surface area contributed by atoms with E-state index in [1.54, 1.807) is 19.5 Å². The maximum absolute atomic E-state index is 12.1. The van der Waals surface area contributed by atoms with Crippen LogP contribution in [0.1, 0.15) is 17.3 Å². The number of carbonyl (C=O) groups excluding carboxylic acids is 1. The summed E-state index contributed by atoms with van der Waals surface area (Å²) in [6, 6.07) is 9.47. The minimum Gasteiger partial charge on any atom is -0.497 e. The number of hydrogen-bond donors (Lipinski definition) is 2. The number of nitrogens with two attached hydrogens (primary N) is 1. The van der Waals surface area contributed by atoms with Gasteiger partial charge in [0, 0.05) is 24.5 Å². The van der Waals surface area contributed by atoms with E-state index in [-0.39, 0.29) is 11.8 Å². The van der Waals surface area contributed by atoms with Crippen molar-refractivity contribution >= 4 is 5.91 Å². The molecule has 2 aromatic rings. The molecule has 0 aliphatic carbocycles. The smallest absolute Gasteiger partial charge is 0.252 e. The van der Waals surface area contributed by atoms with Gasteiger partial charge >= 0.3 is 0 Å². The molecule has 116 valence electrons. The van der Waals surface area contributed by atoms with E-state index in [0.717, 1.165) is 16.9 Å². The van der Waals surface area contributed by atoms with Crippen molar-refractivity contribution in [1.29, 1.82) is 0 Å². The van der Waals surface area contributed by atoms with Crippen LogP contribution in [0.5, 0.6) is 5.75 Å². The number of pyridine rings is 1. The predicted molar refractivity (Wildman–Crippen MR) is 86.8 cm³/mol. The highest BCUT2D eigenvalue weighted by Crippen LogP contribution is 2.22. The molecule has 1 atom stereocenters. The van der Waals surface area contributed by atoms with Crippen molar-refractivity contribution in [1.82, 2.24) is 10.3 Å². The van der Waals surface area contributed by atoms with Crippen LogP contribution in [0.4, 0.5) is 0 Å². The fourth-order valence-corrected chi connectivity index (χ4v) is 1.96. The molecule has 0 aliphatic heterocycles. The van der Waals surface area contributed by atoms with Crippen LogP contribution in [0, 0.1) is 5.92 Å². The quantitative estimate of drug-likeness (QED) is 0.856. The van der Waals surface area contributed by atoms with Crippen molar-refractivity contribution < 1.29 is 9.53 Å². The van der Waals surface area contributed by atoms with E-state index in [1.807, 2.05) is 37.3 Å². The van der Waals surface area contributed by atoms with Gasteiger partial charge in [0.25, 0.3) is 5.91 Å². The highest BCUT2D eigenvalue weighted by molar-refractivity contribution is 5.95. The number of aromatic nitrogens is 1. The Balaban J connectivity index is 2.13. The molecule has 2 rings (SSSR count). The van der Waals surface area contributed by atoms with Gasteiger partial charge < -0.3 is 15.8 Å². The van der Waals surface area contributed by atoms with Crippen LogP contribution in [0.15, 0.2) is 42.7 Å². The summed E-state index contributed by atoms with van der Waals surface area (Å²) in [6.45, 7) is 3.10. The van der Waals surface area contributed by atoms with Crippen molar-refractivity contribution in [2.24, 2.45) is 11.7 Å². The van der Waals surface area contributed by atoms with E-state index in [2.05, 4.69) is 10.3 Å². The lowest BCUT2D eigenvalue weighted by atomic mass is 10.1.